The van der Waals surface area contributed by atoms with Crippen molar-refractivity contribution >= 4 is 22.6 Å². The number of para-hydroxylation sites is 2. The molecular weight excluding hydrogens is 346 g/mol. The molecule has 0 N–H and O–H groups in total. The van der Waals surface area contributed by atoms with Crippen molar-refractivity contribution in [3.05, 3.63) is 58.9 Å². The van der Waals surface area contributed by atoms with E-state index in [-0.39, 0.29) is 11.8 Å². The number of carbonyl (C=O) groups is 1. The largest absolute Gasteiger partial charge is 0.327 e. The maximum Gasteiger partial charge on any atom is 0.227 e. The average molecular weight is 376 g/mol. The van der Waals surface area contributed by atoms with Crippen LogP contribution in [0.5, 0.6) is 0 Å². The van der Waals surface area contributed by atoms with Crippen LogP contribution >= 0.6 is 0 Å². The summed E-state index contributed by atoms with van der Waals surface area (Å²) in [6.07, 6.45) is 0.522. The molecule has 1 aliphatic rings. The fourth-order valence-corrected chi connectivity index (χ4v) is 4.66. The molecule has 1 aromatic heterocycles. The predicted molar refractivity (Wildman–Crippen MR) is 115 cm³/mol. The van der Waals surface area contributed by atoms with Gasteiger partial charge in [-0.3, -0.25) is 4.79 Å². The number of rotatable bonds is 4. The molecule has 0 radical (unpaired) electrons. The Morgan fingerprint density at radius 1 is 1.11 bits per heavy atom. The first-order valence-corrected chi connectivity index (χ1v) is 10.2. The summed E-state index contributed by atoms with van der Waals surface area (Å²) in [5.41, 5.74) is 6.83. The number of hydrogen-bond acceptors (Lipinski definition) is 2. The molecule has 4 heteroatoms. The predicted octanol–water partition coefficient (Wildman–Crippen LogP) is 5.14. The second-order valence-electron chi connectivity index (χ2n) is 8.62. The molecule has 146 valence electrons. The third kappa shape index (κ3) is 3.21. The SMILES string of the molecule is Cc1cc(C)c(N2CC(c3nc4ccccc4n3CC(C)C)CC2=O)c(C)c1. The van der Waals surface area contributed by atoms with Gasteiger partial charge in [-0.1, -0.05) is 43.7 Å². The van der Waals surface area contributed by atoms with Gasteiger partial charge in [0, 0.05) is 31.1 Å². The fourth-order valence-electron chi connectivity index (χ4n) is 4.66. The number of benzene rings is 2. The Morgan fingerprint density at radius 2 is 1.79 bits per heavy atom. The minimum atomic E-state index is 0.124. The molecule has 0 spiro atoms. The summed E-state index contributed by atoms with van der Waals surface area (Å²) >= 11 is 0. The van der Waals surface area contributed by atoms with E-state index in [9.17, 15) is 4.79 Å². The molecule has 2 heterocycles. The summed E-state index contributed by atoms with van der Waals surface area (Å²) in [6, 6.07) is 12.6. The van der Waals surface area contributed by atoms with Crippen LogP contribution in [0.3, 0.4) is 0 Å². The maximum absolute atomic E-state index is 13.0. The van der Waals surface area contributed by atoms with Crippen molar-refractivity contribution < 1.29 is 4.79 Å². The summed E-state index contributed by atoms with van der Waals surface area (Å²) in [5.74, 6) is 1.89. The third-order valence-electron chi connectivity index (χ3n) is 5.63. The Kier molecular flexibility index (Phi) is 4.74. The number of hydrogen-bond donors (Lipinski definition) is 0. The van der Waals surface area contributed by atoms with E-state index >= 15 is 0 Å². The number of aryl methyl sites for hydroxylation is 3. The van der Waals surface area contributed by atoms with Crippen molar-refractivity contribution in [3.63, 3.8) is 0 Å². The Hall–Kier alpha value is -2.62. The van der Waals surface area contributed by atoms with Crippen molar-refractivity contribution in [2.45, 2.75) is 53.5 Å². The van der Waals surface area contributed by atoms with E-state index in [0.29, 0.717) is 18.9 Å². The highest BCUT2D eigenvalue weighted by Crippen LogP contribution is 2.36. The van der Waals surface area contributed by atoms with E-state index in [1.54, 1.807) is 0 Å². The number of nitrogens with zero attached hydrogens (tertiary/aromatic N) is 3. The lowest BCUT2D eigenvalue weighted by Crippen LogP contribution is -2.26. The highest BCUT2D eigenvalue weighted by Gasteiger charge is 2.36. The van der Waals surface area contributed by atoms with Crippen LogP contribution < -0.4 is 4.90 Å². The lowest BCUT2D eigenvalue weighted by atomic mass is 10.0. The first kappa shape index (κ1) is 18.7. The standard InChI is InChI=1S/C24H29N3O/c1-15(2)13-26-21-9-7-6-8-20(21)25-24(26)19-12-22(28)27(14-19)23-17(4)10-16(3)11-18(23)5/h6-11,15,19H,12-14H2,1-5H3. The van der Waals surface area contributed by atoms with Crippen molar-refractivity contribution in [2.24, 2.45) is 5.92 Å². The first-order chi connectivity index (χ1) is 13.3. The molecule has 4 nitrogen and oxygen atoms in total. The quantitative estimate of drug-likeness (QED) is 0.633. The van der Waals surface area contributed by atoms with Crippen molar-refractivity contribution in [1.29, 1.82) is 0 Å². The van der Waals surface area contributed by atoms with Gasteiger partial charge in [0.25, 0.3) is 0 Å². The molecule has 28 heavy (non-hydrogen) atoms. The minimum Gasteiger partial charge on any atom is -0.327 e. The van der Waals surface area contributed by atoms with Crippen LogP contribution in [0.2, 0.25) is 0 Å². The van der Waals surface area contributed by atoms with Crippen molar-refractivity contribution in [1.82, 2.24) is 9.55 Å². The Labute approximate surface area is 167 Å². The zero-order chi connectivity index (χ0) is 20.0. The van der Waals surface area contributed by atoms with Crippen molar-refractivity contribution in [2.75, 3.05) is 11.4 Å². The molecule has 2 aromatic carbocycles. The Balaban J connectivity index is 1.74. The van der Waals surface area contributed by atoms with E-state index in [1.165, 1.54) is 22.2 Å². The van der Waals surface area contributed by atoms with E-state index in [4.69, 9.17) is 4.98 Å². The molecule has 4 rings (SSSR count). The molecule has 0 aliphatic carbocycles. The van der Waals surface area contributed by atoms with Gasteiger partial charge in [0.15, 0.2) is 0 Å². The van der Waals surface area contributed by atoms with Gasteiger partial charge in [0.05, 0.1) is 11.0 Å². The van der Waals surface area contributed by atoms with Crippen LogP contribution in [0, 0.1) is 26.7 Å². The number of imidazole rings is 1. The molecule has 1 fully saturated rings. The molecule has 0 saturated carbocycles. The molecule has 1 saturated heterocycles. The van der Waals surface area contributed by atoms with Crippen LogP contribution in [0.25, 0.3) is 11.0 Å². The summed E-state index contributed by atoms with van der Waals surface area (Å²) in [4.78, 5) is 19.9. The highest BCUT2D eigenvalue weighted by molar-refractivity contribution is 5.98. The second-order valence-corrected chi connectivity index (χ2v) is 8.62. The van der Waals surface area contributed by atoms with Crippen LogP contribution in [0.15, 0.2) is 36.4 Å². The summed E-state index contributed by atoms with van der Waals surface area (Å²) in [5, 5.41) is 0. The smallest absolute Gasteiger partial charge is 0.227 e. The number of carbonyl (C=O) groups excluding carboxylic acids is 1. The topological polar surface area (TPSA) is 38.1 Å². The number of aromatic nitrogens is 2. The molecular formula is C24H29N3O. The second kappa shape index (κ2) is 7.08. The van der Waals surface area contributed by atoms with Gasteiger partial charge in [-0.2, -0.15) is 0 Å². The van der Waals surface area contributed by atoms with Crippen LogP contribution in [0.1, 0.15) is 48.7 Å². The summed E-state index contributed by atoms with van der Waals surface area (Å²) in [7, 11) is 0. The van der Waals surface area contributed by atoms with Gasteiger partial charge >= 0.3 is 0 Å². The van der Waals surface area contributed by atoms with E-state index in [0.717, 1.165) is 23.6 Å². The van der Waals surface area contributed by atoms with Gasteiger partial charge in [-0.15, -0.1) is 0 Å². The minimum absolute atomic E-state index is 0.124. The first-order valence-electron chi connectivity index (χ1n) is 10.2. The van der Waals surface area contributed by atoms with Gasteiger partial charge in [-0.05, 0) is 49.9 Å². The molecule has 1 unspecified atom stereocenters. The molecule has 3 aromatic rings. The van der Waals surface area contributed by atoms with Gasteiger partial charge < -0.3 is 9.47 Å². The Morgan fingerprint density at radius 3 is 2.46 bits per heavy atom. The van der Waals surface area contributed by atoms with Gasteiger partial charge in [-0.25, -0.2) is 4.98 Å². The highest BCUT2D eigenvalue weighted by atomic mass is 16.2. The monoisotopic (exact) mass is 375 g/mol. The fraction of sp³-hybridized carbons (Fsp3) is 0.417. The van der Waals surface area contributed by atoms with Crippen molar-refractivity contribution in [3.8, 4) is 0 Å². The third-order valence-corrected chi connectivity index (χ3v) is 5.63. The van der Waals surface area contributed by atoms with Crippen LogP contribution in [-0.2, 0) is 11.3 Å². The Bertz CT molecular complexity index is 1020. The molecule has 1 atom stereocenters. The van der Waals surface area contributed by atoms with E-state index in [1.807, 2.05) is 11.0 Å². The number of amides is 1. The normalized spacial score (nSPS) is 17.3. The summed E-state index contributed by atoms with van der Waals surface area (Å²) in [6.45, 7) is 12.4. The average Bonchev–Trinajstić information content (AvgIpc) is 3.15. The number of anilines is 1. The molecule has 1 aliphatic heterocycles. The summed E-state index contributed by atoms with van der Waals surface area (Å²) < 4.78 is 2.33. The van der Waals surface area contributed by atoms with Crippen LogP contribution in [-0.4, -0.2) is 22.0 Å². The van der Waals surface area contributed by atoms with Gasteiger partial charge in [0.2, 0.25) is 5.91 Å². The van der Waals surface area contributed by atoms with Crippen LogP contribution in [0.4, 0.5) is 5.69 Å². The molecule has 0 bridgehead atoms. The molecule has 1 amide bonds. The lowest BCUT2D eigenvalue weighted by Gasteiger charge is -2.22. The zero-order valence-corrected chi connectivity index (χ0v) is 17.5. The van der Waals surface area contributed by atoms with Gasteiger partial charge in [0.1, 0.15) is 5.82 Å². The lowest BCUT2D eigenvalue weighted by molar-refractivity contribution is -0.117. The zero-order valence-electron chi connectivity index (χ0n) is 17.5. The maximum atomic E-state index is 13.0. The number of fused-ring (bicyclic) bond motifs is 1. The van der Waals surface area contributed by atoms with E-state index in [2.05, 4.69) is 69.5 Å². The van der Waals surface area contributed by atoms with E-state index < -0.39 is 0 Å².